The Hall–Kier alpha value is -2.06. The summed E-state index contributed by atoms with van der Waals surface area (Å²) in [7, 11) is 4.07. The summed E-state index contributed by atoms with van der Waals surface area (Å²) in [5, 5.41) is 13.3. The molecule has 1 N–H and O–H groups in total. The van der Waals surface area contributed by atoms with E-state index < -0.39 is 0 Å². The minimum absolute atomic E-state index is 0.132. The van der Waals surface area contributed by atoms with Crippen molar-refractivity contribution in [2.24, 2.45) is 0 Å². The van der Waals surface area contributed by atoms with Crippen LogP contribution >= 0.6 is 35.0 Å². The lowest BCUT2D eigenvalue weighted by atomic mass is 10.2. The maximum atomic E-state index is 12.5. The molecule has 9 heteroatoms. The number of nitrogens with zero attached hydrogens (tertiary/aromatic N) is 4. The molecule has 0 radical (unpaired) electrons. The number of rotatable bonds is 9. The van der Waals surface area contributed by atoms with Crippen molar-refractivity contribution in [1.29, 1.82) is 0 Å². The third kappa shape index (κ3) is 6.46. The highest BCUT2D eigenvalue weighted by molar-refractivity contribution is 7.99. The minimum Gasteiger partial charge on any atom is -0.325 e. The van der Waals surface area contributed by atoms with Gasteiger partial charge in [-0.2, -0.15) is 0 Å². The average Bonchev–Trinajstić information content (AvgIpc) is 3.09. The zero-order chi connectivity index (χ0) is 22.4. The van der Waals surface area contributed by atoms with Gasteiger partial charge < -0.3 is 9.88 Å². The molecule has 0 aliphatic carbocycles. The molecule has 3 rings (SSSR count). The van der Waals surface area contributed by atoms with Crippen molar-refractivity contribution in [3.63, 3.8) is 0 Å². The summed E-state index contributed by atoms with van der Waals surface area (Å²) in [6.45, 7) is 2.77. The molecule has 2 aromatic carbocycles. The van der Waals surface area contributed by atoms with Crippen molar-refractivity contribution in [1.82, 2.24) is 19.7 Å². The fourth-order valence-corrected chi connectivity index (χ4v) is 4.57. The van der Waals surface area contributed by atoms with E-state index in [2.05, 4.69) is 44.0 Å². The predicted molar refractivity (Wildman–Crippen MR) is 128 cm³/mol. The van der Waals surface area contributed by atoms with Crippen molar-refractivity contribution in [2.75, 3.05) is 25.2 Å². The molecule has 0 spiro atoms. The van der Waals surface area contributed by atoms with Gasteiger partial charge in [0.25, 0.3) is 0 Å². The van der Waals surface area contributed by atoms with E-state index in [-0.39, 0.29) is 17.7 Å². The molecule has 0 aliphatic heterocycles. The van der Waals surface area contributed by atoms with Crippen LogP contribution in [-0.2, 0) is 11.3 Å². The number of aromatic nitrogens is 3. The smallest absolute Gasteiger partial charge is 0.234 e. The SMILES string of the molecule is CCC(c1nnc(SCC(=O)Nc2cc(Cl)cc(Cl)c2)n1Cc1ccccc1)N(C)C. The van der Waals surface area contributed by atoms with E-state index >= 15 is 0 Å². The lowest BCUT2D eigenvalue weighted by Gasteiger charge is -2.23. The topological polar surface area (TPSA) is 63.1 Å². The Morgan fingerprint density at radius 1 is 1.13 bits per heavy atom. The molecule has 3 aromatic rings. The third-order valence-corrected chi connectivity index (χ3v) is 6.12. The Kier molecular flexibility index (Phi) is 8.37. The Morgan fingerprint density at radius 3 is 2.42 bits per heavy atom. The van der Waals surface area contributed by atoms with Gasteiger partial charge in [-0.3, -0.25) is 9.69 Å². The van der Waals surface area contributed by atoms with Crippen molar-refractivity contribution in [2.45, 2.75) is 31.1 Å². The normalized spacial score (nSPS) is 12.2. The van der Waals surface area contributed by atoms with Gasteiger partial charge in [0.15, 0.2) is 11.0 Å². The van der Waals surface area contributed by atoms with Crippen LogP contribution in [0, 0.1) is 0 Å². The van der Waals surface area contributed by atoms with E-state index in [1.165, 1.54) is 11.8 Å². The van der Waals surface area contributed by atoms with Crippen molar-refractivity contribution in [3.05, 3.63) is 70.0 Å². The number of anilines is 1. The first-order chi connectivity index (χ1) is 14.9. The summed E-state index contributed by atoms with van der Waals surface area (Å²) in [4.78, 5) is 14.6. The summed E-state index contributed by atoms with van der Waals surface area (Å²) in [6.07, 6.45) is 0.903. The van der Waals surface area contributed by atoms with Gasteiger partial charge in [-0.05, 0) is 44.3 Å². The first-order valence-corrected chi connectivity index (χ1v) is 11.6. The number of halogens is 2. The molecule has 0 bridgehead atoms. The van der Waals surface area contributed by atoms with Crippen LogP contribution in [0.3, 0.4) is 0 Å². The van der Waals surface area contributed by atoms with Gasteiger partial charge in [0.2, 0.25) is 5.91 Å². The summed E-state index contributed by atoms with van der Waals surface area (Å²) >= 11 is 13.4. The molecular formula is C22H25Cl2N5OS. The molecule has 1 unspecified atom stereocenters. The molecule has 0 fully saturated rings. The van der Waals surface area contributed by atoms with Crippen LogP contribution in [0.25, 0.3) is 0 Å². The Balaban J connectivity index is 1.78. The predicted octanol–water partition coefficient (Wildman–Crippen LogP) is 5.38. The second-order valence-corrected chi connectivity index (χ2v) is 9.11. The first kappa shape index (κ1) is 23.6. The van der Waals surface area contributed by atoms with Gasteiger partial charge in [0, 0.05) is 15.7 Å². The highest BCUT2D eigenvalue weighted by Gasteiger charge is 2.22. The van der Waals surface area contributed by atoms with Crippen LogP contribution < -0.4 is 5.32 Å². The number of carbonyl (C=O) groups excluding carboxylic acids is 1. The van der Waals surface area contributed by atoms with Crippen LogP contribution in [0.1, 0.15) is 30.8 Å². The third-order valence-electron chi connectivity index (χ3n) is 4.72. The van der Waals surface area contributed by atoms with Gasteiger partial charge >= 0.3 is 0 Å². The molecular weight excluding hydrogens is 453 g/mol. The maximum absolute atomic E-state index is 12.5. The van der Waals surface area contributed by atoms with Crippen molar-refractivity contribution >= 4 is 46.6 Å². The fraction of sp³-hybridized carbons (Fsp3) is 0.318. The van der Waals surface area contributed by atoms with Gasteiger partial charge in [0.05, 0.1) is 18.3 Å². The minimum atomic E-state index is -0.168. The monoisotopic (exact) mass is 477 g/mol. The number of carbonyl (C=O) groups is 1. The van der Waals surface area contributed by atoms with Crippen LogP contribution in [-0.4, -0.2) is 45.4 Å². The molecule has 1 heterocycles. The standard InChI is InChI=1S/C22H25Cl2N5OS/c1-4-19(28(2)3)21-26-27-22(29(21)13-15-8-6-5-7-9-15)31-14-20(30)25-18-11-16(23)10-17(24)12-18/h5-12,19H,4,13-14H2,1-3H3,(H,25,30). The molecule has 6 nitrogen and oxygen atoms in total. The first-order valence-electron chi connectivity index (χ1n) is 9.89. The quantitative estimate of drug-likeness (QED) is 0.419. The zero-order valence-corrected chi connectivity index (χ0v) is 20.0. The number of thioether (sulfide) groups is 1. The molecule has 1 aromatic heterocycles. The largest absolute Gasteiger partial charge is 0.325 e. The molecule has 0 aliphatic rings. The second-order valence-electron chi connectivity index (χ2n) is 7.30. The van der Waals surface area contributed by atoms with Crippen molar-refractivity contribution in [3.8, 4) is 0 Å². The summed E-state index contributed by atoms with van der Waals surface area (Å²) < 4.78 is 2.09. The molecule has 0 saturated heterocycles. The number of hydrogen-bond donors (Lipinski definition) is 1. The Labute approximate surface area is 196 Å². The van der Waals surface area contributed by atoms with Crippen molar-refractivity contribution < 1.29 is 4.79 Å². The van der Waals surface area contributed by atoms with E-state index in [1.54, 1.807) is 18.2 Å². The average molecular weight is 478 g/mol. The number of benzene rings is 2. The molecule has 1 atom stereocenters. The zero-order valence-electron chi connectivity index (χ0n) is 17.7. The van der Waals surface area contributed by atoms with Crippen LogP contribution in [0.4, 0.5) is 5.69 Å². The fourth-order valence-electron chi connectivity index (χ4n) is 3.30. The van der Waals surface area contributed by atoms with Crippen LogP contribution in [0.2, 0.25) is 10.0 Å². The number of nitrogens with one attached hydrogen (secondary N) is 1. The van der Waals surface area contributed by atoms with E-state index in [4.69, 9.17) is 23.2 Å². The maximum Gasteiger partial charge on any atom is 0.234 e. The molecule has 164 valence electrons. The van der Waals surface area contributed by atoms with E-state index in [9.17, 15) is 4.79 Å². The molecule has 0 saturated carbocycles. The highest BCUT2D eigenvalue weighted by atomic mass is 35.5. The van der Waals surface area contributed by atoms with Gasteiger partial charge in [-0.1, -0.05) is 72.2 Å². The van der Waals surface area contributed by atoms with E-state index in [1.807, 2.05) is 32.3 Å². The number of amides is 1. The van der Waals surface area contributed by atoms with Crippen LogP contribution in [0.5, 0.6) is 0 Å². The van der Waals surface area contributed by atoms with Gasteiger partial charge in [-0.25, -0.2) is 0 Å². The van der Waals surface area contributed by atoms with Gasteiger partial charge in [0.1, 0.15) is 0 Å². The summed E-state index contributed by atoms with van der Waals surface area (Å²) in [6, 6.07) is 15.2. The summed E-state index contributed by atoms with van der Waals surface area (Å²) in [5.41, 5.74) is 1.71. The molecule has 31 heavy (non-hydrogen) atoms. The van der Waals surface area contributed by atoms with Gasteiger partial charge in [-0.15, -0.1) is 10.2 Å². The van der Waals surface area contributed by atoms with E-state index in [0.29, 0.717) is 27.4 Å². The molecule has 1 amide bonds. The second kappa shape index (κ2) is 11.0. The Morgan fingerprint density at radius 2 is 1.81 bits per heavy atom. The lowest BCUT2D eigenvalue weighted by molar-refractivity contribution is -0.113. The highest BCUT2D eigenvalue weighted by Crippen LogP contribution is 2.27. The van der Waals surface area contributed by atoms with Crippen LogP contribution in [0.15, 0.2) is 53.7 Å². The Bertz CT molecular complexity index is 1010. The lowest BCUT2D eigenvalue weighted by Crippen LogP contribution is -2.23. The summed E-state index contributed by atoms with van der Waals surface area (Å²) in [5.74, 6) is 0.912. The number of hydrogen-bond acceptors (Lipinski definition) is 5. The van der Waals surface area contributed by atoms with E-state index in [0.717, 1.165) is 17.8 Å².